The smallest absolute Gasteiger partial charge is 0.191 e. The van der Waals surface area contributed by atoms with Gasteiger partial charge in [-0.3, -0.25) is 0 Å². The predicted molar refractivity (Wildman–Crippen MR) is 135 cm³/mol. The number of guanidine groups is 1. The third-order valence-electron chi connectivity index (χ3n) is 5.42. The molecule has 31 heavy (non-hydrogen) atoms. The number of aliphatic hydroxyl groups is 1. The zero-order chi connectivity index (χ0) is 21.1. The highest BCUT2D eigenvalue weighted by atomic mass is 127. The molecule has 2 aromatic carbocycles. The van der Waals surface area contributed by atoms with Crippen molar-refractivity contribution in [3.63, 3.8) is 0 Å². The van der Waals surface area contributed by atoms with E-state index in [0.29, 0.717) is 19.8 Å². The molecule has 0 saturated carbocycles. The summed E-state index contributed by atoms with van der Waals surface area (Å²) in [4.78, 5) is 4.76. The van der Waals surface area contributed by atoms with E-state index in [0.717, 1.165) is 55.4 Å². The van der Waals surface area contributed by atoms with E-state index >= 15 is 0 Å². The molecule has 0 bridgehead atoms. The first-order chi connectivity index (χ1) is 14.7. The van der Waals surface area contributed by atoms with E-state index in [2.05, 4.69) is 29.7 Å². The average molecular weight is 539 g/mol. The average Bonchev–Trinajstić information content (AvgIpc) is 3.24. The van der Waals surface area contributed by atoms with Crippen molar-refractivity contribution < 1.29 is 14.6 Å². The van der Waals surface area contributed by atoms with Crippen LogP contribution in [-0.2, 0) is 17.9 Å². The molecule has 2 aromatic rings. The molecule has 1 unspecified atom stereocenters. The van der Waals surface area contributed by atoms with Crippen LogP contribution in [0.2, 0.25) is 0 Å². The van der Waals surface area contributed by atoms with Gasteiger partial charge >= 0.3 is 0 Å². The Hall–Kier alpha value is -1.84. The van der Waals surface area contributed by atoms with E-state index in [1.165, 1.54) is 0 Å². The van der Waals surface area contributed by atoms with Crippen LogP contribution >= 0.6 is 24.0 Å². The molecule has 0 aliphatic carbocycles. The van der Waals surface area contributed by atoms with Crippen LogP contribution in [0.5, 0.6) is 5.75 Å². The SMILES string of the molecule is CCNC(=NCc1ccccc1OCc1ccccc1)NCC1(CCO)CCOC1.I. The van der Waals surface area contributed by atoms with Crippen LogP contribution in [0.4, 0.5) is 0 Å². The van der Waals surface area contributed by atoms with Gasteiger partial charge < -0.3 is 25.2 Å². The summed E-state index contributed by atoms with van der Waals surface area (Å²) in [5, 5.41) is 16.2. The maximum atomic E-state index is 9.43. The lowest BCUT2D eigenvalue weighted by Crippen LogP contribution is -2.44. The molecule has 0 amide bonds. The summed E-state index contributed by atoms with van der Waals surface area (Å²) in [6.07, 6.45) is 1.69. The second-order valence-electron chi connectivity index (χ2n) is 7.71. The van der Waals surface area contributed by atoms with Crippen molar-refractivity contribution >= 4 is 29.9 Å². The van der Waals surface area contributed by atoms with Gasteiger partial charge in [-0.1, -0.05) is 48.5 Å². The Labute approximate surface area is 202 Å². The Balaban J connectivity index is 0.00000341. The molecule has 1 aliphatic rings. The number of ether oxygens (including phenoxy) is 2. The van der Waals surface area contributed by atoms with Crippen molar-refractivity contribution in [2.24, 2.45) is 10.4 Å². The number of nitrogens with zero attached hydrogens (tertiary/aromatic N) is 1. The number of para-hydroxylation sites is 1. The van der Waals surface area contributed by atoms with Crippen LogP contribution in [0.3, 0.4) is 0 Å². The number of halogens is 1. The molecule has 7 heteroatoms. The molecule has 1 heterocycles. The van der Waals surface area contributed by atoms with Crippen LogP contribution < -0.4 is 15.4 Å². The van der Waals surface area contributed by atoms with Crippen LogP contribution in [0.25, 0.3) is 0 Å². The topological polar surface area (TPSA) is 75.1 Å². The fourth-order valence-corrected chi connectivity index (χ4v) is 3.60. The largest absolute Gasteiger partial charge is 0.489 e. The predicted octanol–water partition coefficient (Wildman–Crippen LogP) is 3.73. The molecular weight excluding hydrogens is 505 g/mol. The molecule has 0 radical (unpaired) electrons. The van der Waals surface area contributed by atoms with E-state index in [4.69, 9.17) is 14.5 Å². The molecule has 3 rings (SSSR count). The Morgan fingerprint density at radius 1 is 1.13 bits per heavy atom. The normalized spacial score (nSPS) is 18.3. The zero-order valence-corrected chi connectivity index (χ0v) is 20.5. The lowest BCUT2D eigenvalue weighted by Gasteiger charge is -2.27. The van der Waals surface area contributed by atoms with Gasteiger partial charge in [-0.25, -0.2) is 4.99 Å². The van der Waals surface area contributed by atoms with E-state index in [9.17, 15) is 5.11 Å². The second-order valence-corrected chi connectivity index (χ2v) is 7.71. The van der Waals surface area contributed by atoms with Crippen LogP contribution in [0, 0.1) is 5.41 Å². The summed E-state index contributed by atoms with van der Waals surface area (Å²) in [7, 11) is 0. The number of hydrogen-bond acceptors (Lipinski definition) is 4. The van der Waals surface area contributed by atoms with E-state index in [-0.39, 0.29) is 36.0 Å². The number of benzene rings is 2. The van der Waals surface area contributed by atoms with Crippen LogP contribution in [-0.4, -0.2) is 44.0 Å². The summed E-state index contributed by atoms with van der Waals surface area (Å²) in [6, 6.07) is 18.2. The lowest BCUT2D eigenvalue weighted by atomic mass is 9.84. The minimum atomic E-state index is -0.0261. The van der Waals surface area contributed by atoms with Crippen molar-refractivity contribution in [1.29, 1.82) is 0 Å². The molecule has 3 N–H and O–H groups in total. The van der Waals surface area contributed by atoms with Crippen LogP contribution in [0.15, 0.2) is 59.6 Å². The monoisotopic (exact) mass is 539 g/mol. The third-order valence-corrected chi connectivity index (χ3v) is 5.42. The maximum Gasteiger partial charge on any atom is 0.191 e. The fraction of sp³-hybridized carbons (Fsp3) is 0.458. The molecule has 170 valence electrons. The lowest BCUT2D eigenvalue weighted by molar-refractivity contribution is 0.127. The third kappa shape index (κ3) is 7.97. The minimum Gasteiger partial charge on any atom is -0.489 e. The molecule has 1 fully saturated rings. The highest BCUT2D eigenvalue weighted by molar-refractivity contribution is 14.0. The molecular formula is C24H34IN3O3. The summed E-state index contributed by atoms with van der Waals surface area (Å²) >= 11 is 0. The van der Waals surface area contributed by atoms with Crippen molar-refractivity contribution in [3.05, 3.63) is 65.7 Å². The molecule has 1 atom stereocenters. The van der Waals surface area contributed by atoms with E-state index in [1.54, 1.807) is 0 Å². The summed E-state index contributed by atoms with van der Waals surface area (Å²) in [5.74, 6) is 1.61. The summed E-state index contributed by atoms with van der Waals surface area (Å²) < 4.78 is 11.6. The number of nitrogens with one attached hydrogen (secondary N) is 2. The van der Waals surface area contributed by atoms with Gasteiger partial charge in [0.25, 0.3) is 0 Å². The Kier molecular flexibility index (Phi) is 11.1. The zero-order valence-electron chi connectivity index (χ0n) is 18.2. The molecule has 1 saturated heterocycles. The van der Waals surface area contributed by atoms with Crippen molar-refractivity contribution in [2.75, 3.05) is 32.9 Å². The number of rotatable bonds is 10. The van der Waals surface area contributed by atoms with E-state index < -0.39 is 0 Å². The second kappa shape index (κ2) is 13.5. The highest BCUT2D eigenvalue weighted by Crippen LogP contribution is 2.31. The van der Waals surface area contributed by atoms with Gasteiger partial charge in [0.2, 0.25) is 0 Å². The first-order valence-electron chi connectivity index (χ1n) is 10.7. The molecule has 0 aromatic heterocycles. The summed E-state index contributed by atoms with van der Waals surface area (Å²) in [6.45, 7) is 6.21. The van der Waals surface area contributed by atoms with Crippen molar-refractivity contribution in [2.45, 2.75) is 32.9 Å². The number of aliphatic hydroxyl groups excluding tert-OH is 1. The van der Waals surface area contributed by atoms with Gasteiger partial charge in [0, 0.05) is 37.3 Å². The molecule has 1 aliphatic heterocycles. The highest BCUT2D eigenvalue weighted by Gasteiger charge is 2.34. The van der Waals surface area contributed by atoms with Gasteiger partial charge in [0.1, 0.15) is 12.4 Å². The first kappa shape index (κ1) is 25.4. The van der Waals surface area contributed by atoms with Gasteiger partial charge in [-0.15, -0.1) is 24.0 Å². The van der Waals surface area contributed by atoms with E-state index in [1.807, 2.05) is 42.5 Å². The minimum absolute atomic E-state index is 0. The van der Waals surface area contributed by atoms with Gasteiger partial charge in [0.05, 0.1) is 13.2 Å². The van der Waals surface area contributed by atoms with Crippen molar-refractivity contribution in [3.8, 4) is 5.75 Å². The van der Waals surface area contributed by atoms with Crippen LogP contribution in [0.1, 0.15) is 30.9 Å². The Bertz CT molecular complexity index is 796. The molecule has 0 spiro atoms. The number of aliphatic imine (C=N–C) groups is 1. The fourth-order valence-electron chi connectivity index (χ4n) is 3.60. The maximum absolute atomic E-state index is 9.43. The standard InChI is InChI=1S/C24H33N3O3.HI/c1-2-25-23(27-18-24(12-14-28)13-15-29-19-24)26-16-21-10-6-7-11-22(21)30-17-20-8-4-3-5-9-20;/h3-11,28H,2,12-19H2,1H3,(H2,25,26,27);1H. The Morgan fingerprint density at radius 2 is 1.90 bits per heavy atom. The van der Waals surface area contributed by atoms with Gasteiger partial charge in [-0.2, -0.15) is 0 Å². The quantitative estimate of drug-likeness (QED) is 0.244. The van der Waals surface area contributed by atoms with Gasteiger partial charge in [-0.05, 0) is 31.4 Å². The summed E-state index contributed by atoms with van der Waals surface area (Å²) in [5.41, 5.74) is 2.15. The molecule has 6 nitrogen and oxygen atoms in total. The first-order valence-corrected chi connectivity index (χ1v) is 10.7. The van der Waals surface area contributed by atoms with Gasteiger partial charge in [0.15, 0.2) is 5.96 Å². The van der Waals surface area contributed by atoms with Crippen molar-refractivity contribution in [1.82, 2.24) is 10.6 Å². The number of hydrogen-bond donors (Lipinski definition) is 3. The Morgan fingerprint density at radius 3 is 2.61 bits per heavy atom.